The standard InChI is InChI=1S/C82H68N2/c1-53-23-37-65(38-24-53)83(69-41-45-75-73-19-9-11-21-77(73)81(5,6)79(75)51-69)67-17-13-15-61(49-67)57-27-31-59(32-28-57)63-35-43-71(55(3)47-63)72-44-36-64(48-56(72)4)60-33-29-58(30-34-60)62-16-14-18-68(50-62)84(66-39-25-54(2)26-40-66)70-42-46-76-74-20-10-12-22-78(74)82(7,8)80(76)52-70/h9-52H,1-8H3. The van der Waals surface area contributed by atoms with E-state index in [2.05, 4.69) is 332 Å². The first-order chi connectivity index (χ1) is 40.8. The molecule has 0 radical (unpaired) electrons. The monoisotopic (exact) mass is 1080 g/mol. The van der Waals surface area contributed by atoms with Crippen molar-refractivity contribution < 1.29 is 0 Å². The van der Waals surface area contributed by atoms with Crippen molar-refractivity contribution in [3.05, 3.63) is 311 Å². The van der Waals surface area contributed by atoms with Gasteiger partial charge in [0.2, 0.25) is 0 Å². The Hall–Kier alpha value is -9.76. The molecule has 0 aliphatic heterocycles. The van der Waals surface area contributed by atoms with Gasteiger partial charge in [-0.05, 0) is 212 Å². The van der Waals surface area contributed by atoms with E-state index in [1.807, 2.05) is 0 Å². The molecule has 2 aliphatic rings. The first kappa shape index (κ1) is 52.3. The smallest absolute Gasteiger partial charge is 0.0467 e. The second-order valence-corrected chi connectivity index (χ2v) is 24.5. The van der Waals surface area contributed by atoms with Gasteiger partial charge in [-0.3, -0.25) is 0 Å². The van der Waals surface area contributed by atoms with E-state index in [1.54, 1.807) is 0 Å². The van der Waals surface area contributed by atoms with Crippen LogP contribution in [0.3, 0.4) is 0 Å². The summed E-state index contributed by atoms with van der Waals surface area (Å²) in [6.45, 7) is 18.2. The molecule has 2 heteroatoms. The third-order valence-corrected chi connectivity index (χ3v) is 18.3. The van der Waals surface area contributed by atoms with Crippen molar-refractivity contribution in [3.8, 4) is 77.9 Å². The van der Waals surface area contributed by atoms with Crippen LogP contribution in [0.5, 0.6) is 0 Å². The molecule has 406 valence electrons. The lowest BCUT2D eigenvalue weighted by molar-refractivity contribution is 0.660. The number of hydrogen-bond donors (Lipinski definition) is 0. The average Bonchev–Trinajstić information content (AvgIpc) is 2.42. The minimum Gasteiger partial charge on any atom is -0.310 e. The molecule has 12 aromatic carbocycles. The molecule has 0 spiro atoms. The molecule has 2 nitrogen and oxygen atoms in total. The molecule has 0 fully saturated rings. The highest BCUT2D eigenvalue weighted by Gasteiger charge is 2.37. The van der Waals surface area contributed by atoms with E-state index in [4.69, 9.17) is 0 Å². The molecule has 0 N–H and O–H groups in total. The Morgan fingerprint density at radius 1 is 0.214 bits per heavy atom. The van der Waals surface area contributed by atoms with Gasteiger partial charge >= 0.3 is 0 Å². The van der Waals surface area contributed by atoms with Gasteiger partial charge in [0, 0.05) is 45.0 Å². The summed E-state index contributed by atoms with van der Waals surface area (Å²) in [4.78, 5) is 4.81. The molecule has 2 aliphatic carbocycles. The molecule has 0 atom stereocenters. The fourth-order valence-corrected chi connectivity index (χ4v) is 13.6. The summed E-state index contributed by atoms with van der Waals surface area (Å²) in [5.74, 6) is 0. The Balaban J connectivity index is 0.692. The predicted molar refractivity (Wildman–Crippen MR) is 357 cm³/mol. The van der Waals surface area contributed by atoms with Crippen molar-refractivity contribution in [2.75, 3.05) is 9.80 Å². The van der Waals surface area contributed by atoms with Crippen molar-refractivity contribution in [2.24, 2.45) is 0 Å². The zero-order valence-electron chi connectivity index (χ0n) is 49.3. The highest BCUT2D eigenvalue weighted by atomic mass is 15.1. The summed E-state index contributed by atoms with van der Waals surface area (Å²) in [6, 6.07) is 99.6. The quantitative estimate of drug-likeness (QED) is 0.127. The van der Waals surface area contributed by atoms with E-state index in [9.17, 15) is 0 Å². The minimum atomic E-state index is -0.0921. The summed E-state index contributed by atoms with van der Waals surface area (Å²) < 4.78 is 0. The number of anilines is 6. The Bertz CT molecular complexity index is 4210. The molecular formula is C82H68N2. The van der Waals surface area contributed by atoms with Gasteiger partial charge < -0.3 is 9.80 Å². The van der Waals surface area contributed by atoms with Gasteiger partial charge in [0.05, 0.1) is 0 Å². The summed E-state index contributed by atoms with van der Waals surface area (Å²) in [7, 11) is 0. The number of hydrogen-bond acceptors (Lipinski definition) is 2. The Labute approximate surface area is 496 Å². The van der Waals surface area contributed by atoms with E-state index in [-0.39, 0.29) is 10.8 Å². The average molecular weight is 1080 g/mol. The maximum atomic E-state index is 2.41. The van der Waals surface area contributed by atoms with Crippen LogP contribution in [0.4, 0.5) is 34.1 Å². The van der Waals surface area contributed by atoms with Crippen LogP contribution >= 0.6 is 0 Å². The van der Waals surface area contributed by atoms with Gasteiger partial charge in [0.25, 0.3) is 0 Å². The topological polar surface area (TPSA) is 6.48 Å². The lowest BCUT2D eigenvalue weighted by atomic mass is 9.82. The van der Waals surface area contributed by atoms with Crippen LogP contribution in [0.2, 0.25) is 0 Å². The van der Waals surface area contributed by atoms with Crippen LogP contribution in [0, 0.1) is 27.7 Å². The first-order valence-corrected chi connectivity index (χ1v) is 29.6. The van der Waals surface area contributed by atoms with Crippen molar-refractivity contribution >= 4 is 34.1 Å². The van der Waals surface area contributed by atoms with Crippen molar-refractivity contribution in [1.82, 2.24) is 0 Å². The molecule has 0 unspecified atom stereocenters. The summed E-state index contributed by atoms with van der Waals surface area (Å²) in [6.07, 6.45) is 0. The van der Waals surface area contributed by atoms with Crippen LogP contribution in [0.1, 0.15) is 72.2 Å². The molecule has 12 aromatic rings. The number of nitrogens with zero attached hydrogens (tertiary/aromatic N) is 2. The van der Waals surface area contributed by atoms with Gasteiger partial charge in [-0.15, -0.1) is 0 Å². The fourth-order valence-electron chi connectivity index (χ4n) is 13.6. The lowest BCUT2D eigenvalue weighted by Gasteiger charge is -2.28. The van der Waals surface area contributed by atoms with Crippen LogP contribution < -0.4 is 9.80 Å². The predicted octanol–water partition coefficient (Wildman–Crippen LogP) is 22.8. The molecule has 84 heavy (non-hydrogen) atoms. The zero-order valence-corrected chi connectivity index (χ0v) is 49.3. The summed E-state index contributed by atoms with van der Waals surface area (Å²) in [5, 5.41) is 0. The fraction of sp³-hybridized carbons (Fsp3) is 0.122. The third kappa shape index (κ3) is 9.14. The van der Waals surface area contributed by atoms with Crippen LogP contribution in [-0.4, -0.2) is 0 Å². The SMILES string of the molecule is Cc1ccc(N(c2cccc(-c3ccc(-c4ccc(-c5ccc(-c6ccc(-c7cccc(N(c8ccc(C)cc8)c8ccc9c(c8)C(C)(C)c8ccccc8-9)c7)cc6)cc5C)c(C)c4)cc3)c2)c2ccc3c(c2)C(C)(C)c2ccccc2-3)cc1. The van der Waals surface area contributed by atoms with E-state index in [0.29, 0.717) is 0 Å². The molecule has 14 rings (SSSR count). The molecular weight excluding hydrogens is 1010 g/mol. The van der Waals surface area contributed by atoms with Crippen LogP contribution in [-0.2, 0) is 10.8 Å². The Morgan fingerprint density at radius 3 is 0.881 bits per heavy atom. The van der Waals surface area contributed by atoms with Gasteiger partial charge in [-0.1, -0.05) is 233 Å². The lowest BCUT2D eigenvalue weighted by Crippen LogP contribution is -2.16. The van der Waals surface area contributed by atoms with Crippen molar-refractivity contribution in [3.63, 3.8) is 0 Å². The van der Waals surface area contributed by atoms with Gasteiger partial charge in [0.1, 0.15) is 0 Å². The van der Waals surface area contributed by atoms with Gasteiger partial charge in [0.15, 0.2) is 0 Å². The summed E-state index contributed by atoms with van der Waals surface area (Å²) >= 11 is 0. The van der Waals surface area contributed by atoms with Crippen molar-refractivity contribution in [2.45, 2.75) is 66.2 Å². The van der Waals surface area contributed by atoms with Crippen LogP contribution in [0.25, 0.3) is 77.9 Å². The van der Waals surface area contributed by atoms with E-state index in [0.717, 1.165) is 34.1 Å². The zero-order chi connectivity index (χ0) is 57.4. The van der Waals surface area contributed by atoms with Crippen LogP contribution in [0.15, 0.2) is 267 Å². The Kier molecular flexibility index (Phi) is 12.8. The van der Waals surface area contributed by atoms with Gasteiger partial charge in [-0.2, -0.15) is 0 Å². The molecule has 0 saturated carbocycles. The molecule has 0 heterocycles. The number of aryl methyl sites for hydroxylation is 4. The molecule has 0 amide bonds. The number of fused-ring (bicyclic) bond motifs is 6. The highest BCUT2D eigenvalue weighted by Crippen LogP contribution is 2.53. The second kappa shape index (κ2) is 20.6. The largest absolute Gasteiger partial charge is 0.310 e. The Morgan fingerprint density at radius 2 is 0.512 bits per heavy atom. The number of benzene rings is 12. The van der Waals surface area contributed by atoms with E-state index in [1.165, 1.54) is 122 Å². The maximum Gasteiger partial charge on any atom is 0.0467 e. The summed E-state index contributed by atoms with van der Waals surface area (Å²) in [5.41, 5.74) is 34.6. The number of rotatable bonds is 11. The van der Waals surface area contributed by atoms with Crippen molar-refractivity contribution in [1.29, 1.82) is 0 Å². The van der Waals surface area contributed by atoms with E-state index < -0.39 is 0 Å². The highest BCUT2D eigenvalue weighted by molar-refractivity contribution is 5.89. The van der Waals surface area contributed by atoms with Gasteiger partial charge in [-0.25, -0.2) is 0 Å². The molecule has 0 saturated heterocycles. The van der Waals surface area contributed by atoms with E-state index >= 15 is 0 Å². The maximum absolute atomic E-state index is 2.41. The second-order valence-electron chi connectivity index (χ2n) is 24.5. The molecule has 0 aromatic heterocycles. The normalized spacial score (nSPS) is 13.2. The first-order valence-electron chi connectivity index (χ1n) is 29.6. The minimum absolute atomic E-state index is 0.0921. The molecule has 0 bridgehead atoms. The third-order valence-electron chi connectivity index (χ3n) is 18.3.